The highest BCUT2D eigenvalue weighted by atomic mass is 16.2. The maximum atomic E-state index is 12.2. The molecule has 1 aromatic heterocycles. The molecular formula is C13H19N3O. The lowest BCUT2D eigenvalue weighted by atomic mass is 9.98. The molecule has 2 rings (SSSR count). The monoisotopic (exact) mass is 233 g/mol. The van der Waals surface area contributed by atoms with Crippen LogP contribution in [0.15, 0.2) is 24.5 Å². The van der Waals surface area contributed by atoms with Gasteiger partial charge >= 0.3 is 0 Å². The van der Waals surface area contributed by atoms with E-state index in [0.29, 0.717) is 6.54 Å². The minimum atomic E-state index is 0.149. The van der Waals surface area contributed by atoms with Crippen molar-refractivity contribution in [3.8, 4) is 0 Å². The van der Waals surface area contributed by atoms with Crippen molar-refractivity contribution in [1.82, 2.24) is 15.2 Å². The van der Waals surface area contributed by atoms with Gasteiger partial charge in [-0.25, -0.2) is 0 Å². The number of piperidine rings is 1. The van der Waals surface area contributed by atoms with Crippen molar-refractivity contribution < 1.29 is 4.79 Å². The van der Waals surface area contributed by atoms with E-state index in [0.717, 1.165) is 31.5 Å². The number of rotatable bonds is 3. The molecule has 1 saturated heterocycles. The number of pyridine rings is 1. The standard InChI is InChI=1S/C13H19N3O/c1-16(10-11-4-7-14-8-5-11)13(17)12-3-2-6-15-9-12/h4-5,7-8,12,15H,2-3,6,9-10H2,1H3/t12-/m1/s1. The minimum absolute atomic E-state index is 0.149. The minimum Gasteiger partial charge on any atom is -0.341 e. The molecule has 0 aromatic carbocycles. The smallest absolute Gasteiger partial charge is 0.227 e. The Kier molecular flexibility index (Phi) is 4.09. The molecule has 1 fully saturated rings. The fourth-order valence-corrected chi connectivity index (χ4v) is 2.21. The number of carbonyl (C=O) groups excluding carboxylic acids is 1. The molecule has 17 heavy (non-hydrogen) atoms. The largest absolute Gasteiger partial charge is 0.341 e. The van der Waals surface area contributed by atoms with Gasteiger partial charge < -0.3 is 10.2 Å². The number of amides is 1. The molecule has 0 saturated carbocycles. The van der Waals surface area contributed by atoms with Gasteiger partial charge in [0.2, 0.25) is 5.91 Å². The third kappa shape index (κ3) is 3.27. The molecule has 1 aromatic rings. The van der Waals surface area contributed by atoms with Crippen LogP contribution in [-0.4, -0.2) is 35.9 Å². The van der Waals surface area contributed by atoms with Crippen LogP contribution >= 0.6 is 0 Å². The number of hydrogen-bond donors (Lipinski definition) is 1. The van der Waals surface area contributed by atoms with Crippen molar-refractivity contribution >= 4 is 5.91 Å². The summed E-state index contributed by atoms with van der Waals surface area (Å²) in [5.41, 5.74) is 1.12. The van der Waals surface area contributed by atoms with Crippen LogP contribution in [0.2, 0.25) is 0 Å². The van der Waals surface area contributed by atoms with Gasteiger partial charge in [0.15, 0.2) is 0 Å². The molecule has 0 unspecified atom stereocenters. The number of nitrogens with one attached hydrogen (secondary N) is 1. The second kappa shape index (κ2) is 5.77. The lowest BCUT2D eigenvalue weighted by Gasteiger charge is -2.27. The molecule has 1 aliphatic heterocycles. The Morgan fingerprint density at radius 3 is 2.94 bits per heavy atom. The first-order chi connectivity index (χ1) is 8.27. The number of hydrogen-bond acceptors (Lipinski definition) is 3. The Bertz CT molecular complexity index is 360. The van der Waals surface area contributed by atoms with E-state index in [2.05, 4.69) is 10.3 Å². The highest BCUT2D eigenvalue weighted by Gasteiger charge is 2.23. The van der Waals surface area contributed by atoms with Gasteiger partial charge in [0.1, 0.15) is 0 Å². The molecule has 0 spiro atoms. The fourth-order valence-electron chi connectivity index (χ4n) is 2.21. The zero-order valence-corrected chi connectivity index (χ0v) is 10.2. The van der Waals surface area contributed by atoms with Crippen LogP contribution in [0.4, 0.5) is 0 Å². The molecule has 4 nitrogen and oxygen atoms in total. The highest BCUT2D eigenvalue weighted by Crippen LogP contribution is 2.14. The predicted octanol–water partition coefficient (Wildman–Crippen LogP) is 1.04. The van der Waals surface area contributed by atoms with Gasteiger partial charge in [0.25, 0.3) is 0 Å². The molecule has 2 heterocycles. The fraction of sp³-hybridized carbons (Fsp3) is 0.538. The van der Waals surface area contributed by atoms with Crippen LogP contribution in [0.1, 0.15) is 18.4 Å². The topological polar surface area (TPSA) is 45.2 Å². The number of aromatic nitrogens is 1. The van der Waals surface area contributed by atoms with Crippen molar-refractivity contribution in [1.29, 1.82) is 0 Å². The van der Waals surface area contributed by atoms with Gasteiger partial charge in [-0.1, -0.05) is 0 Å². The Morgan fingerprint density at radius 1 is 1.53 bits per heavy atom. The van der Waals surface area contributed by atoms with Gasteiger partial charge in [-0.05, 0) is 37.1 Å². The van der Waals surface area contributed by atoms with E-state index in [1.165, 1.54) is 0 Å². The quantitative estimate of drug-likeness (QED) is 0.848. The van der Waals surface area contributed by atoms with Crippen LogP contribution in [0.5, 0.6) is 0 Å². The van der Waals surface area contributed by atoms with Crippen LogP contribution in [0.3, 0.4) is 0 Å². The Labute approximate surface area is 102 Å². The molecule has 1 aliphatic rings. The van der Waals surface area contributed by atoms with Gasteiger partial charge in [-0.3, -0.25) is 9.78 Å². The van der Waals surface area contributed by atoms with E-state index in [9.17, 15) is 4.79 Å². The van der Waals surface area contributed by atoms with E-state index < -0.39 is 0 Å². The summed E-state index contributed by atoms with van der Waals surface area (Å²) in [4.78, 5) is 18.0. The summed E-state index contributed by atoms with van der Waals surface area (Å²) in [5.74, 6) is 0.393. The summed E-state index contributed by atoms with van der Waals surface area (Å²) < 4.78 is 0. The zero-order chi connectivity index (χ0) is 12.1. The van der Waals surface area contributed by atoms with Crippen LogP contribution in [0, 0.1) is 5.92 Å². The summed E-state index contributed by atoms with van der Waals surface area (Å²) in [6.07, 6.45) is 5.62. The Balaban J connectivity index is 1.90. The summed E-state index contributed by atoms with van der Waals surface area (Å²) in [5, 5.41) is 3.28. The van der Waals surface area contributed by atoms with Crippen molar-refractivity contribution in [3.63, 3.8) is 0 Å². The van der Waals surface area contributed by atoms with Gasteiger partial charge in [0.05, 0.1) is 5.92 Å². The van der Waals surface area contributed by atoms with E-state index in [-0.39, 0.29) is 11.8 Å². The van der Waals surface area contributed by atoms with Crippen LogP contribution in [0.25, 0.3) is 0 Å². The second-order valence-electron chi connectivity index (χ2n) is 4.59. The highest BCUT2D eigenvalue weighted by molar-refractivity contribution is 5.78. The molecule has 0 radical (unpaired) electrons. The zero-order valence-electron chi connectivity index (χ0n) is 10.2. The lowest BCUT2D eigenvalue weighted by Crippen LogP contribution is -2.41. The van der Waals surface area contributed by atoms with Gasteiger partial charge in [-0.2, -0.15) is 0 Å². The third-order valence-corrected chi connectivity index (χ3v) is 3.19. The molecule has 1 atom stereocenters. The summed E-state index contributed by atoms with van der Waals surface area (Å²) in [7, 11) is 1.87. The van der Waals surface area contributed by atoms with Crippen molar-refractivity contribution in [2.45, 2.75) is 19.4 Å². The maximum Gasteiger partial charge on any atom is 0.227 e. The molecular weight excluding hydrogens is 214 g/mol. The normalized spacial score (nSPS) is 19.9. The van der Waals surface area contributed by atoms with E-state index in [4.69, 9.17) is 0 Å². The molecule has 1 amide bonds. The van der Waals surface area contributed by atoms with E-state index in [1.807, 2.05) is 24.1 Å². The molecule has 1 N–H and O–H groups in total. The first-order valence-corrected chi connectivity index (χ1v) is 6.12. The van der Waals surface area contributed by atoms with Crippen molar-refractivity contribution in [2.75, 3.05) is 20.1 Å². The van der Waals surface area contributed by atoms with E-state index in [1.54, 1.807) is 12.4 Å². The Morgan fingerprint density at radius 2 is 2.29 bits per heavy atom. The lowest BCUT2D eigenvalue weighted by molar-refractivity contribution is -0.135. The molecule has 92 valence electrons. The van der Waals surface area contributed by atoms with Crippen LogP contribution in [-0.2, 0) is 11.3 Å². The molecule has 0 aliphatic carbocycles. The van der Waals surface area contributed by atoms with Crippen LogP contribution < -0.4 is 5.32 Å². The first kappa shape index (κ1) is 12.0. The summed E-state index contributed by atoms with van der Waals surface area (Å²) >= 11 is 0. The first-order valence-electron chi connectivity index (χ1n) is 6.12. The maximum absolute atomic E-state index is 12.2. The molecule has 0 bridgehead atoms. The Hall–Kier alpha value is -1.42. The third-order valence-electron chi connectivity index (χ3n) is 3.19. The SMILES string of the molecule is CN(Cc1ccncc1)C(=O)[C@@H]1CCCNC1. The average molecular weight is 233 g/mol. The second-order valence-corrected chi connectivity index (χ2v) is 4.59. The number of carbonyl (C=O) groups is 1. The van der Waals surface area contributed by atoms with Crippen molar-refractivity contribution in [2.24, 2.45) is 5.92 Å². The summed E-state index contributed by atoms with van der Waals surface area (Å²) in [6, 6.07) is 3.89. The number of nitrogens with zero attached hydrogens (tertiary/aromatic N) is 2. The summed E-state index contributed by atoms with van der Waals surface area (Å²) in [6.45, 7) is 2.52. The van der Waals surface area contributed by atoms with Gasteiger partial charge in [0, 0.05) is 32.5 Å². The van der Waals surface area contributed by atoms with E-state index >= 15 is 0 Å². The van der Waals surface area contributed by atoms with Crippen molar-refractivity contribution in [3.05, 3.63) is 30.1 Å². The van der Waals surface area contributed by atoms with Gasteiger partial charge in [-0.15, -0.1) is 0 Å². The average Bonchev–Trinajstić information content (AvgIpc) is 2.40. The predicted molar refractivity (Wildman–Crippen MR) is 66.3 cm³/mol. The molecule has 4 heteroatoms.